The average Bonchev–Trinajstić information content (AvgIpc) is 2.46. The SMILES string of the molecule is CC(C)[C@H](Cc1ccccc1)C(O)Cc1ccccc1. The van der Waals surface area contributed by atoms with E-state index in [0.29, 0.717) is 5.92 Å². The lowest BCUT2D eigenvalue weighted by molar-refractivity contribution is 0.0815. The highest BCUT2D eigenvalue weighted by Crippen LogP contribution is 2.23. The average molecular weight is 268 g/mol. The Kier molecular flexibility index (Phi) is 5.37. The van der Waals surface area contributed by atoms with Gasteiger partial charge < -0.3 is 5.11 Å². The molecule has 20 heavy (non-hydrogen) atoms. The number of aliphatic hydroxyl groups excluding tert-OH is 1. The highest BCUT2D eigenvalue weighted by Gasteiger charge is 2.23. The molecule has 0 heterocycles. The monoisotopic (exact) mass is 268 g/mol. The molecule has 1 heteroatoms. The predicted molar refractivity (Wildman–Crippen MR) is 84.6 cm³/mol. The van der Waals surface area contributed by atoms with Crippen molar-refractivity contribution in [2.75, 3.05) is 0 Å². The fourth-order valence-corrected chi connectivity index (χ4v) is 2.71. The quantitative estimate of drug-likeness (QED) is 0.836. The molecule has 0 aliphatic heterocycles. The summed E-state index contributed by atoms with van der Waals surface area (Å²) in [6.45, 7) is 4.39. The van der Waals surface area contributed by atoms with Gasteiger partial charge in [0.05, 0.1) is 6.10 Å². The predicted octanol–water partition coefficient (Wildman–Crippen LogP) is 4.10. The van der Waals surface area contributed by atoms with Crippen molar-refractivity contribution in [2.45, 2.75) is 32.8 Å². The Morgan fingerprint density at radius 3 is 1.65 bits per heavy atom. The maximum Gasteiger partial charge on any atom is 0.0614 e. The van der Waals surface area contributed by atoms with Crippen molar-refractivity contribution < 1.29 is 5.11 Å². The molecule has 2 atom stereocenters. The molecule has 0 saturated carbocycles. The van der Waals surface area contributed by atoms with Gasteiger partial charge >= 0.3 is 0 Å². The summed E-state index contributed by atoms with van der Waals surface area (Å²) in [6, 6.07) is 20.7. The molecule has 0 spiro atoms. The van der Waals surface area contributed by atoms with Crippen molar-refractivity contribution in [3.05, 3.63) is 71.8 Å². The molecule has 0 aliphatic rings. The summed E-state index contributed by atoms with van der Waals surface area (Å²) in [6.07, 6.45) is 1.38. The van der Waals surface area contributed by atoms with Gasteiger partial charge in [-0.3, -0.25) is 0 Å². The zero-order chi connectivity index (χ0) is 14.4. The van der Waals surface area contributed by atoms with Crippen molar-refractivity contribution in [3.63, 3.8) is 0 Å². The Hall–Kier alpha value is -1.60. The molecule has 0 fully saturated rings. The van der Waals surface area contributed by atoms with Crippen molar-refractivity contribution in [2.24, 2.45) is 11.8 Å². The second-order valence-electron chi connectivity index (χ2n) is 5.85. The van der Waals surface area contributed by atoms with Crippen LogP contribution in [0.3, 0.4) is 0 Å². The maximum atomic E-state index is 10.6. The lowest BCUT2D eigenvalue weighted by Gasteiger charge is -2.26. The van der Waals surface area contributed by atoms with Gasteiger partial charge in [0, 0.05) is 0 Å². The highest BCUT2D eigenvalue weighted by atomic mass is 16.3. The molecule has 1 N–H and O–H groups in total. The summed E-state index contributed by atoms with van der Waals surface area (Å²) in [5.41, 5.74) is 2.51. The Morgan fingerprint density at radius 2 is 1.20 bits per heavy atom. The summed E-state index contributed by atoms with van der Waals surface area (Å²) in [7, 11) is 0. The first-order valence-electron chi connectivity index (χ1n) is 7.42. The third-order valence-corrected chi connectivity index (χ3v) is 3.95. The van der Waals surface area contributed by atoms with E-state index in [1.54, 1.807) is 0 Å². The summed E-state index contributed by atoms with van der Waals surface area (Å²) < 4.78 is 0. The smallest absolute Gasteiger partial charge is 0.0614 e. The first-order chi connectivity index (χ1) is 9.66. The third kappa shape index (κ3) is 4.21. The molecule has 2 aromatic rings. The summed E-state index contributed by atoms with van der Waals surface area (Å²) in [5, 5.41) is 10.6. The molecule has 1 unspecified atom stereocenters. The molecule has 1 nitrogen and oxygen atoms in total. The molecule has 106 valence electrons. The Labute approximate surface area is 122 Å². The Balaban J connectivity index is 2.04. The van der Waals surface area contributed by atoms with Crippen LogP contribution < -0.4 is 0 Å². The minimum absolute atomic E-state index is 0.289. The van der Waals surface area contributed by atoms with Gasteiger partial charge in [-0.1, -0.05) is 74.5 Å². The second-order valence-corrected chi connectivity index (χ2v) is 5.85. The lowest BCUT2D eigenvalue weighted by atomic mass is 9.82. The van der Waals surface area contributed by atoms with Crippen molar-refractivity contribution in [1.82, 2.24) is 0 Å². The van der Waals surface area contributed by atoms with Gasteiger partial charge in [0.1, 0.15) is 0 Å². The van der Waals surface area contributed by atoms with E-state index in [-0.39, 0.29) is 12.0 Å². The van der Waals surface area contributed by atoms with E-state index in [1.165, 1.54) is 11.1 Å². The molecular weight excluding hydrogens is 244 g/mol. The fraction of sp³-hybridized carbons (Fsp3) is 0.368. The van der Waals surface area contributed by atoms with Crippen LogP contribution in [0.5, 0.6) is 0 Å². The largest absolute Gasteiger partial charge is 0.392 e. The molecule has 0 radical (unpaired) electrons. The third-order valence-electron chi connectivity index (χ3n) is 3.95. The van der Waals surface area contributed by atoms with Crippen LogP contribution in [-0.2, 0) is 12.8 Å². The van der Waals surface area contributed by atoms with E-state index in [4.69, 9.17) is 0 Å². The zero-order valence-electron chi connectivity index (χ0n) is 12.4. The van der Waals surface area contributed by atoms with Crippen LogP contribution in [0.4, 0.5) is 0 Å². The molecular formula is C19H24O. The van der Waals surface area contributed by atoms with Crippen LogP contribution in [0.25, 0.3) is 0 Å². The molecule has 0 aliphatic carbocycles. The number of hydrogen-bond donors (Lipinski definition) is 1. The van der Waals surface area contributed by atoms with E-state index >= 15 is 0 Å². The first-order valence-corrected chi connectivity index (χ1v) is 7.42. The van der Waals surface area contributed by atoms with Crippen LogP contribution in [0, 0.1) is 11.8 Å². The van der Waals surface area contributed by atoms with E-state index < -0.39 is 0 Å². The van der Waals surface area contributed by atoms with Gasteiger partial charge in [-0.25, -0.2) is 0 Å². The Morgan fingerprint density at radius 1 is 0.750 bits per heavy atom. The normalized spacial score (nSPS) is 14.2. The van der Waals surface area contributed by atoms with E-state index in [2.05, 4.69) is 50.2 Å². The van der Waals surface area contributed by atoms with Crippen LogP contribution in [-0.4, -0.2) is 11.2 Å². The number of benzene rings is 2. The van der Waals surface area contributed by atoms with E-state index in [1.807, 2.05) is 24.3 Å². The summed E-state index contributed by atoms with van der Waals surface area (Å²) in [4.78, 5) is 0. The van der Waals surface area contributed by atoms with Crippen molar-refractivity contribution in [1.29, 1.82) is 0 Å². The summed E-state index contributed by atoms with van der Waals surface area (Å²) in [5.74, 6) is 0.756. The van der Waals surface area contributed by atoms with Gasteiger partial charge in [-0.2, -0.15) is 0 Å². The van der Waals surface area contributed by atoms with Gasteiger partial charge in [0.15, 0.2) is 0 Å². The highest BCUT2D eigenvalue weighted by molar-refractivity contribution is 5.18. The number of rotatable bonds is 6. The molecule has 0 amide bonds. The van der Waals surface area contributed by atoms with Gasteiger partial charge in [-0.05, 0) is 35.8 Å². The fourth-order valence-electron chi connectivity index (χ4n) is 2.71. The topological polar surface area (TPSA) is 20.2 Å². The van der Waals surface area contributed by atoms with Crippen molar-refractivity contribution in [3.8, 4) is 0 Å². The lowest BCUT2D eigenvalue weighted by Crippen LogP contribution is -2.29. The van der Waals surface area contributed by atoms with E-state index in [9.17, 15) is 5.11 Å². The molecule has 0 aromatic heterocycles. The van der Waals surface area contributed by atoms with E-state index in [0.717, 1.165) is 12.8 Å². The van der Waals surface area contributed by atoms with Gasteiger partial charge in [-0.15, -0.1) is 0 Å². The minimum atomic E-state index is -0.294. The molecule has 0 bridgehead atoms. The van der Waals surface area contributed by atoms with Gasteiger partial charge in [0.25, 0.3) is 0 Å². The minimum Gasteiger partial charge on any atom is -0.392 e. The standard InChI is InChI=1S/C19H24O/c1-15(2)18(13-16-9-5-3-6-10-16)19(20)14-17-11-7-4-8-12-17/h3-12,15,18-20H,13-14H2,1-2H3/t18-,19?/m0/s1. The number of aliphatic hydroxyl groups is 1. The second kappa shape index (κ2) is 7.25. The number of hydrogen-bond acceptors (Lipinski definition) is 1. The summed E-state index contributed by atoms with van der Waals surface area (Å²) >= 11 is 0. The van der Waals surface area contributed by atoms with Gasteiger partial charge in [0.2, 0.25) is 0 Å². The molecule has 2 aromatic carbocycles. The Bertz CT molecular complexity index is 490. The zero-order valence-corrected chi connectivity index (χ0v) is 12.4. The van der Waals surface area contributed by atoms with Crippen LogP contribution in [0.2, 0.25) is 0 Å². The maximum absolute atomic E-state index is 10.6. The van der Waals surface area contributed by atoms with Crippen molar-refractivity contribution >= 4 is 0 Å². The van der Waals surface area contributed by atoms with Crippen LogP contribution in [0.1, 0.15) is 25.0 Å². The molecule has 0 saturated heterocycles. The first kappa shape index (κ1) is 14.8. The van der Waals surface area contributed by atoms with Crippen LogP contribution >= 0.6 is 0 Å². The molecule has 2 rings (SSSR count). The van der Waals surface area contributed by atoms with Crippen LogP contribution in [0.15, 0.2) is 60.7 Å².